The SMILES string of the molecule is COc1ccc2ncc(Cl)c([C@@H](F)CCC3(CO)CCN(CC4CCCC4)CC3)c2c1. The van der Waals surface area contributed by atoms with Gasteiger partial charge in [-0.05, 0) is 81.1 Å². The van der Waals surface area contributed by atoms with E-state index in [0.29, 0.717) is 40.1 Å². The van der Waals surface area contributed by atoms with E-state index in [1.54, 1.807) is 13.2 Å². The van der Waals surface area contributed by atoms with Crippen molar-refractivity contribution >= 4 is 22.5 Å². The van der Waals surface area contributed by atoms with Crippen molar-refractivity contribution < 1.29 is 14.2 Å². The van der Waals surface area contributed by atoms with Gasteiger partial charge in [-0.1, -0.05) is 24.4 Å². The minimum atomic E-state index is -1.20. The number of rotatable bonds is 8. The Morgan fingerprint density at radius 1 is 1.29 bits per heavy atom. The number of methoxy groups -OCH3 is 1. The molecule has 2 aliphatic rings. The number of fused-ring (bicyclic) bond motifs is 1. The normalized spacial score (nSPS) is 20.9. The van der Waals surface area contributed by atoms with E-state index in [2.05, 4.69) is 9.88 Å². The van der Waals surface area contributed by atoms with Crippen LogP contribution in [0, 0.1) is 11.3 Å². The fourth-order valence-electron chi connectivity index (χ4n) is 5.45. The first-order valence-electron chi connectivity index (χ1n) is 11.6. The van der Waals surface area contributed by atoms with Crippen LogP contribution in [0.25, 0.3) is 10.9 Å². The predicted octanol–water partition coefficient (Wildman–Crippen LogP) is 5.95. The Morgan fingerprint density at radius 2 is 2.03 bits per heavy atom. The van der Waals surface area contributed by atoms with Crippen molar-refractivity contribution in [3.63, 3.8) is 0 Å². The lowest BCUT2D eigenvalue weighted by Gasteiger charge is -2.42. The van der Waals surface area contributed by atoms with Crippen LogP contribution in [0.3, 0.4) is 0 Å². The lowest BCUT2D eigenvalue weighted by molar-refractivity contribution is 0.0257. The number of nitrogens with zero attached hydrogens (tertiary/aromatic N) is 2. The summed E-state index contributed by atoms with van der Waals surface area (Å²) >= 11 is 6.38. The van der Waals surface area contributed by atoms with Gasteiger partial charge in [0.25, 0.3) is 0 Å². The molecular formula is C25H34ClFN2O2. The molecule has 6 heteroatoms. The quantitative estimate of drug-likeness (QED) is 0.541. The molecule has 170 valence electrons. The number of hydrogen-bond acceptors (Lipinski definition) is 4. The number of ether oxygens (including phenoxy) is 1. The number of halogens is 2. The van der Waals surface area contributed by atoms with Crippen molar-refractivity contribution in [3.05, 3.63) is 35.0 Å². The molecule has 31 heavy (non-hydrogen) atoms. The second-order valence-electron chi connectivity index (χ2n) is 9.52. The molecule has 0 radical (unpaired) electrons. The molecule has 0 bridgehead atoms. The smallest absolute Gasteiger partial charge is 0.127 e. The maximum absolute atomic E-state index is 15.5. The molecule has 1 saturated carbocycles. The van der Waals surface area contributed by atoms with Crippen molar-refractivity contribution in [2.45, 2.75) is 57.5 Å². The van der Waals surface area contributed by atoms with Crippen LogP contribution in [-0.4, -0.2) is 48.3 Å². The highest BCUT2D eigenvalue weighted by molar-refractivity contribution is 6.32. The summed E-state index contributed by atoms with van der Waals surface area (Å²) in [5.74, 6) is 1.50. The van der Waals surface area contributed by atoms with Gasteiger partial charge in [0.05, 0.1) is 17.6 Å². The van der Waals surface area contributed by atoms with E-state index in [1.807, 2.05) is 12.1 Å². The molecule has 1 atom stereocenters. The second kappa shape index (κ2) is 10.0. The van der Waals surface area contributed by atoms with Crippen molar-refractivity contribution in [2.75, 3.05) is 33.4 Å². The number of pyridine rings is 1. The molecule has 2 fully saturated rings. The van der Waals surface area contributed by atoms with Crippen LogP contribution < -0.4 is 4.74 Å². The van der Waals surface area contributed by atoms with Gasteiger partial charge in [0, 0.05) is 30.3 Å². The molecule has 1 aliphatic carbocycles. The van der Waals surface area contributed by atoms with E-state index in [0.717, 1.165) is 31.8 Å². The van der Waals surface area contributed by atoms with Crippen LogP contribution >= 0.6 is 11.6 Å². The van der Waals surface area contributed by atoms with Gasteiger partial charge >= 0.3 is 0 Å². The van der Waals surface area contributed by atoms with E-state index < -0.39 is 6.17 Å². The number of aliphatic hydroxyl groups is 1. The summed E-state index contributed by atoms with van der Waals surface area (Å²) in [5, 5.41) is 11.2. The predicted molar refractivity (Wildman–Crippen MR) is 124 cm³/mol. The van der Waals surface area contributed by atoms with Crippen LogP contribution in [0.1, 0.15) is 63.1 Å². The molecule has 1 aromatic carbocycles. The summed E-state index contributed by atoms with van der Waals surface area (Å²) in [4.78, 5) is 6.88. The van der Waals surface area contributed by atoms with Crippen LogP contribution in [0.15, 0.2) is 24.4 Å². The van der Waals surface area contributed by atoms with Crippen LogP contribution in [0.5, 0.6) is 5.75 Å². The average Bonchev–Trinajstić information content (AvgIpc) is 3.31. The van der Waals surface area contributed by atoms with Gasteiger partial charge < -0.3 is 14.7 Å². The largest absolute Gasteiger partial charge is 0.497 e. The molecule has 1 N–H and O–H groups in total. The average molecular weight is 449 g/mol. The summed E-state index contributed by atoms with van der Waals surface area (Å²) < 4.78 is 20.8. The first-order valence-corrected chi connectivity index (χ1v) is 12.0. The molecular weight excluding hydrogens is 415 g/mol. The number of aromatic nitrogens is 1. The van der Waals surface area contributed by atoms with Gasteiger partial charge in [-0.25, -0.2) is 4.39 Å². The first kappa shape index (κ1) is 22.8. The van der Waals surface area contributed by atoms with Gasteiger partial charge in [0.2, 0.25) is 0 Å². The summed E-state index contributed by atoms with van der Waals surface area (Å²) in [6.07, 6.45) is 8.65. The van der Waals surface area contributed by atoms with E-state index >= 15 is 4.39 Å². The Hall–Kier alpha value is -1.43. The molecule has 1 aromatic heterocycles. The molecule has 2 aromatic rings. The molecule has 4 rings (SSSR count). The minimum absolute atomic E-state index is 0.121. The van der Waals surface area contributed by atoms with Gasteiger partial charge in [0.15, 0.2) is 0 Å². The first-order chi connectivity index (χ1) is 15.0. The number of hydrogen-bond donors (Lipinski definition) is 1. The number of likely N-dealkylation sites (tertiary alicyclic amines) is 1. The van der Waals surface area contributed by atoms with Crippen molar-refractivity contribution in [2.24, 2.45) is 11.3 Å². The lowest BCUT2D eigenvalue weighted by atomic mass is 9.74. The monoisotopic (exact) mass is 448 g/mol. The van der Waals surface area contributed by atoms with Gasteiger partial charge in [-0.15, -0.1) is 0 Å². The highest BCUT2D eigenvalue weighted by atomic mass is 35.5. The van der Waals surface area contributed by atoms with E-state index in [1.165, 1.54) is 38.4 Å². The zero-order valence-electron chi connectivity index (χ0n) is 18.5. The molecule has 1 saturated heterocycles. The maximum Gasteiger partial charge on any atom is 0.127 e. The summed E-state index contributed by atoms with van der Waals surface area (Å²) in [7, 11) is 1.59. The maximum atomic E-state index is 15.5. The van der Waals surface area contributed by atoms with E-state index in [9.17, 15) is 5.11 Å². The standard InChI is InChI=1S/C25H34ClFN2O2/c1-31-19-6-7-23-20(14-19)24(21(26)15-28-23)22(27)8-9-25(17-30)10-12-29(13-11-25)16-18-4-2-3-5-18/h6-7,14-15,18,22,30H,2-5,8-13,16-17H2,1H3/t22-/m0/s1. The van der Waals surface area contributed by atoms with Gasteiger partial charge in [-0.3, -0.25) is 4.98 Å². The minimum Gasteiger partial charge on any atom is -0.497 e. The van der Waals surface area contributed by atoms with Crippen LogP contribution in [0.4, 0.5) is 4.39 Å². The Bertz CT molecular complexity index is 879. The van der Waals surface area contributed by atoms with Crippen molar-refractivity contribution in [3.8, 4) is 5.75 Å². The number of benzene rings is 1. The Balaban J connectivity index is 1.41. The molecule has 2 heterocycles. The van der Waals surface area contributed by atoms with Crippen molar-refractivity contribution in [1.82, 2.24) is 9.88 Å². The molecule has 0 unspecified atom stereocenters. The van der Waals surface area contributed by atoms with Crippen molar-refractivity contribution in [1.29, 1.82) is 0 Å². The lowest BCUT2D eigenvalue weighted by Crippen LogP contribution is -2.43. The number of aliphatic hydroxyl groups excluding tert-OH is 1. The zero-order chi connectivity index (χ0) is 21.8. The third-order valence-corrected chi connectivity index (χ3v) is 7.85. The zero-order valence-corrected chi connectivity index (χ0v) is 19.2. The highest BCUT2D eigenvalue weighted by Gasteiger charge is 2.35. The molecule has 0 amide bonds. The fraction of sp³-hybridized carbons (Fsp3) is 0.640. The summed E-state index contributed by atoms with van der Waals surface area (Å²) in [5.41, 5.74) is 1.00. The topological polar surface area (TPSA) is 45.6 Å². The fourth-order valence-corrected chi connectivity index (χ4v) is 5.71. The Labute approximate surface area is 189 Å². The Morgan fingerprint density at radius 3 is 2.71 bits per heavy atom. The Kier molecular flexibility index (Phi) is 7.35. The van der Waals surface area contributed by atoms with E-state index in [-0.39, 0.29) is 12.0 Å². The third kappa shape index (κ3) is 5.15. The van der Waals surface area contributed by atoms with Crippen LogP contribution in [-0.2, 0) is 0 Å². The molecule has 1 aliphatic heterocycles. The number of alkyl halides is 1. The highest BCUT2D eigenvalue weighted by Crippen LogP contribution is 2.42. The molecule has 0 spiro atoms. The van der Waals surface area contributed by atoms with Gasteiger partial charge in [0.1, 0.15) is 11.9 Å². The van der Waals surface area contributed by atoms with E-state index in [4.69, 9.17) is 16.3 Å². The third-order valence-electron chi connectivity index (χ3n) is 7.55. The summed E-state index contributed by atoms with van der Waals surface area (Å²) in [6.45, 7) is 3.32. The molecule has 4 nitrogen and oxygen atoms in total. The van der Waals surface area contributed by atoms with Crippen LogP contribution in [0.2, 0.25) is 5.02 Å². The summed E-state index contributed by atoms with van der Waals surface area (Å²) in [6, 6.07) is 5.45. The number of piperidine rings is 1. The second-order valence-corrected chi connectivity index (χ2v) is 9.93. The van der Waals surface area contributed by atoms with Gasteiger partial charge in [-0.2, -0.15) is 0 Å².